The summed E-state index contributed by atoms with van der Waals surface area (Å²) in [7, 11) is -2.61. The van der Waals surface area contributed by atoms with Crippen LogP contribution in [0.1, 0.15) is 27.2 Å². The summed E-state index contributed by atoms with van der Waals surface area (Å²) in [6, 6.07) is 55.1. The molecule has 0 bridgehead atoms. The van der Waals surface area contributed by atoms with Crippen LogP contribution < -0.4 is 26.3 Å². The Morgan fingerprint density at radius 3 is 1.17 bits per heavy atom. The molecule has 0 aliphatic rings. The molecule has 0 aliphatic heterocycles. The average molecular weight is 640 g/mol. The van der Waals surface area contributed by atoms with Crippen LogP contribution in [0.3, 0.4) is 0 Å². The van der Waals surface area contributed by atoms with Crippen LogP contribution in [0.5, 0.6) is 0 Å². The van der Waals surface area contributed by atoms with Gasteiger partial charge in [0, 0.05) is 0 Å². The molecule has 0 aliphatic carbocycles. The number of benzene rings is 5. The van der Waals surface area contributed by atoms with Gasteiger partial charge in [-0.3, -0.25) is 0 Å². The van der Waals surface area contributed by atoms with Crippen molar-refractivity contribution in [3.63, 3.8) is 0 Å². The summed E-state index contributed by atoms with van der Waals surface area (Å²) < 4.78 is 7.35. The van der Waals surface area contributed by atoms with Crippen molar-refractivity contribution < 1.29 is 4.43 Å². The van der Waals surface area contributed by atoms with Crippen molar-refractivity contribution in [2.24, 2.45) is 0 Å². The first-order valence-corrected chi connectivity index (χ1v) is 20.8. The molecule has 0 heterocycles. The molecule has 5 rings (SSSR count). The monoisotopic (exact) mass is 638 g/mol. The van der Waals surface area contributed by atoms with Crippen molar-refractivity contribution in [3.05, 3.63) is 152 Å². The molecular weight excluding hydrogens is 599 g/mol. The fraction of sp³-hybridized carbons (Fsp3) is 0.189. The number of hydrogen-bond acceptors (Lipinski definition) is 1. The number of hydrogen-bond donors (Lipinski definition) is 0. The van der Waals surface area contributed by atoms with E-state index in [2.05, 4.69) is 188 Å². The second-order valence-electron chi connectivity index (χ2n) is 11.8. The van der Waals surface area contributed by atoms with Gasteiger partial charge in [0.05, 0.1) is 0 Å². The Hall–Kier alpha value is -2.81. The molecule has 41 heavy (non-hydrogen) atoms. The Bertz CT molecular complexity index is 1380. The quantitative estimate of drug-likeness (QED) is 0.0862. The summed E-state index contributed by atoms with van der Waals surface area (Å²) in [6.07, 6.45) is 1.88. The van der Waals surface area contributed by atoms with E-state index in [9.17, 15) is 0 Å². The van der Waals surface area contributed by atoms with Crippen LogP contribution in [0.2, 0.25) is 5.04 Å². The van der Waals surface area contributed by atoms with Crippen molar-refractivity contribution >= 4 is 55.4 Å². The van der Waals surface area contributed by atoms with Gasteiger partial charge >= 0.3 is 256 Å². The molecule has 0 amide bonds. The van der Waals surface area contributed by atoms with E-state index < -0.39 is 13.6 Å². The van der Waals surface area contributed by atoms with E-state index in [0.29, 0.717) is 6.61 Å². The second kappa shape index (κ2) is 12.2. The van der Waals surface area contributed by atoms with Crippen LogP contribution in [-0.4, -0.2) is 21.1 Å². The molecule has 0 N–H and O–H groups in total. The van der Waals surface area contributed by atoms with Crippen LogP contribution in [-0.2, 0) is 4.43 Å². The molecule has 0 saturated carbocycles. The van der Waals surface area contributed by atoms with E-state index >= 15 is 0 Å². The first kappa shape index (κ1) is 29.7. The molecular formula is C37H40BrOPSi. The normalized spacial score (nSPS) is 13.3. The summed E-state index contributed by atoms with van der Waals surface area (Å²) in [4.78, 5) is 0. The summed E-state index contributed by atoms with van der Waals surface area (Å²) >= 11 is 4.61. The summed E-state index contributed by atoms with van der Waals surface area (Å²) in [5.74, 6) is 0. The maximum atomic E-state index is 7.35. The summed E-state index contributed by atoms with van der Waals surface area (Å²) in [5.41, 5.74) is 0. The van der Waals surface area contributed by atoms with Crippen LogP contribution in [0.4, 0.5) is 0 Å². The number of halogens is 1. The topological polar surface area (TPSA) is 9.23 Å². The minimum atomic E-state index is -3.00. The van der Waals surface area contributed by atoms with Gasteiger partial charge in [-0.05, 0) is 0 Å². The first-order chi connectivity index (χ1) is 19.8. The van der Waals surface area contributed by atoms with Gasteiger partial charge < -0.3 is 0 Å². The molecule has 5 aromatic carbocycles. The third kappa shape index (κ3) is 5.42. The van der Waals surface area contributed by atoms with Crippen LogP contribution >= 0.6 is 20.8 Å². The second-order valence-corrected chi connectivity index (χ2v) is 25.1. The van der Waals surface area contributed by atoms with E-state index in [1.807, 2.05) is 0 Å². The Morgan fingerprint density at radius 1 is 0.537 bits per heavy atom. The van der Waals surface area contributed by atoms with Gasteiger partial charge in [-0.25, -0.2) is 0 Å². The zero-order valence-corrected chi connectivity index (χ0v) is 27.8. The molecule has 210 valence electrons. The maximum absolute atomic E-state index is 7.35. The van der Waals surface area contributed by atoms with Crippen molar-refractivity contribution in [1.82, 2.24) is 0 Å². The van der Waals surface area contributed by atoms with Gasteiger partial charge in [0.25, 0.3) is 0 Å². The third-order valence-electron chi connectivity index (χ3n) is 8.34. The van der Waals surface area contributed by atoms with Crippen LogP contribution in [0.15, 0.2) is 152 Å². The molecule has 0 fully saturated rings. The minimum absolute atomic E-state index is 0.0477. The van der Waals surface area contributed by atoms with Crippen LogP contribution in [0, 0.1) is 0 Å². The molecule has 5 aromatic rings. The standard InChI is InChI=1S/C37H40BrOPSi/c1-37(2,3)41(35-26-15-7-16-27-35,36-28-17-8-18-29-36)39-30-19-31-40(38,32-20-9-4-10-21-32,33-22-11-5-12-23-33)34-24-13-6-14-25-34/h4-18,20-29H,19,30-31H2,1-3H3. The van der Waals surface area contributed by atoms with Crippen molar-refractivity contribution in [2.75, 3.05) is 12.8 Å². The van der Waals surface area contributed by atoms with Gasteiger partial charge in [0.15, 0.2) is 0 Å². The fourth-order valence-corrected chi connectivity index (χ4v) is 18.7. The molecule has 0 spiro atoms. The average Bonchev–Trinajstić information content (AvgIpc) is 3.03. The molecule has 0 saturated heterocycles. The van der Waals surface area contributed by atoms with Gasteiger partial charge in [-0.15, -0.1) is 0 Å². The van der Waals surface area contributed by atoms with Crippen molar-refractivity contribution in [1.29, 1.82) is 0 Å². The predicted molar refractivity (Wildman–Crippen MR) is 187 cm³/mol. The van der Waals surface area contributed by atoms with Gasteiger partial charge in [-0.1, -0.05) is 0 Å². The van der Waals surface area contributed by atoms with Crippen molar-refractivity contribution in [2.45, 2.75) is 32.2 Å². The van der Waals surface area contributed by atoms with E-state index in [1.54, 1.807) is 0 Å². The zero-order valence-electron chi connectivity index (χ0n) is 24.3. The Labute approximate surface area is 255 Å². The fourth-order valence-electron chi connectivity index (χ4n) is 6.40. The summed E-state index contributed by atoms with van der Waals surface area (Å²) in [6.45, 7) is 7.73. The molecule has 4 heteroatoms. The first-order valence-electron chi connectivity index (χ1n) is 14.5. The van der Waals surface area contributed by atoms with Gasteiger partial charge in [-0.2, -0.15) is 0 Å². The predicted octanol–water partition coefficient (Wildman–Crippen LogP) is 7.79. The summed E-state index contributed by atoms with van der Waals surface area (Å²) in [5, 5.41) is 3.65. The van der Waals surface area contributed by atoms with E-state index in [-0.39, 0.29) is 5.04 Å². The number of rotatable bonds is 10. The molecule has 1 nitrogen and oxygen atoms in total. The van der Waals surface area contributed by atoms with E-state index in [0.717, 1.165) is 12.6 Å². The van der Waals surface area contributed by atoms with Crippen molar-refractivity contribution in [3.8, 4) is 0 Å². The van der Waals surface area contributed by atoms with Gasteiger partial charge in [0.2, 0.25) is 0 Å². The molecule has 0 unspecified atom stereocenters. The third-order valence-corrected chi connectivity index (χ3v) is 23.4. The molecule has 0 radical (unpaired) electrons. The zero-order chi connectivity index (χ0) is 28.8. The Kier molecular flexibility index (Phi) is 8.83. The van der Waals surface area contributed by atoms with Gasteiger partial charge in [0.1, 0.15) is 0 Å². The Morgan fingerprint density at radius 2 is 0.854 bits per heavy atom. The van der Waals surface area contributed by atoms with E-state index in [1.165, 1.54) is 26.3 Å². The molecule has 0 atom stereocenters. The molecule has 0 aromatic heterocycles. The van der Waals surface area contributed by atoms with Crippen LogP contribution in [0.25, 0.3) is 0 Å². The van der Waals surface area contributed by atoms with E-state index in [4.69, 9.17) is 4.43 Å². The SMILES string of the molecule is CC(C)(C)[Si](OCCCP(Br)(c1ccccc1)(c1ccccc1)c1ccccc1)(c1ccccc1)c1ccccc1. The Balaban J connectivity index is 1.58.